The summed E-state index contributed by atoms with van der Waals surface area (Å²) in [4.78, 5) is 14.0. The van der Waals surface area contributed by atoms with Crippen molar-refractivity contribution in [3.63, 3.8) is 0 Å². The molecule has 1 saturated heterocycles. The first kappa shape index (κ1) is 23.9. The molecule has 0 amide bonds. The van der Waals surface area contributed by atoms with Gasteiger partial charge in [0.1, 0.15) is 5.82 Å². The second kappa shape index (κ2) is 13.1. The zero-order chi connectivity index (χ0) is 18.8. The Hall–Kier alpha value is -1.09. The van der Waals surface area contributed by atoms with Crippen molar-refractivity contribution in [3.8, 4) is 0 Å². The first-order valence-electron chi connectivity index (χ1n) is 9.96. The Morgan fingerprint density at radius 3 is 2.52 bits per heavy atom. The van der Waals surface area contributed by atoms with Crippen LogP contribution in [0.15, 0.2) is 29.4 Å². The lowest BCUT2D eigenvalue weighted by molar-refractivity contribution is 0.0266. The van der Waals surface area contributed by atoms with E-state index < -0.39 is 0 Å². The fraction of sp³-hybridized carbons (Fsp3) is 0.700. The van der Waals surface area contributed by atoms with Crippen LogP contribution >= 0.6 is 24.0 Å². The lowest BCUT2D eigenvalue weighted by Gasteiger charge is -2.37. The topological polar surface area (TPSA) is 53.0 Å². The number of pyridine rings is 1. The van der Waals surface area contributed by atoms with Crippen LogP contribution in [0.4, 0.5) is 5.82 Å². The second-order valence-corrected chi connectivity index (χ2v) is 6.92. The summed E-state index contributed by atoms with van der Waals surface area (Å²) in [7, 11) is 0. The van der Waals surface area contributed by atoms with E-state index in [2.05, 4.69) is 53.9 Å². The molecular formula is C20H36IN5O. The maximum atomic E-state index is 5.84. The highest BCUT2D eigenvalue weighted by atomic mass is 127. The maximum absolute atomic E-state index is 5.84. The lowest BCUT2D eigenvalue weighted by atomic mass is 10.0. The molecule has 0 radical (unpaired) electrons. The van der Waals surface area contributed by atoms with Gasteiger partial charge in [0.25, 0.3) is 0 Å². The molecule has 154 valence electrons. The lowest BCUT2D eigenvalue weighted by Crippen LogP contribution is -2.52. The van der Waals surface area contributed by atoms with E-state index in [1.807, 2.05) is 18.3 Å². The van der Waals surface area contributed by atoms with Crippen molar-refractivity contribution in [2.45, 2.75) is 40.2 Å². The fourth-order valence-electron chi connectivity index (χ4n) is 3.23. The van der Waals surface area contributed by atoms with Crippen LogP contribution in [0.2, 0.25) is 0 Å². The molecule has 1 N–H and O–H groups in total. The van der Waals surface area contributed by atoms with Gasteiger partial charge in [0.05, 0.1) is 6.10 Å². The molecule has 7 heteroatoms. The summed E-state index contributed by atoms with van der Waals surface area (Å²) in [6.07, 6.45) is 3.11. The van der Waals surface area contributed by atoms with E-state index in [9.17, 15) is 0 Å². The summed E-state index contributed by atoms with van der Waals surface area (Å²) in [5, 5.41) is 3.44. The maximum Gasteiger partial charge on any atom is 0.194 e. The summed E-state index contributed by atoms with van der Waals surface area (Å²) >= 11 is 0. The molecule has 1 unspecified atom stereocenters. The highest BCUT2D eigenvalue weighted by Gasteiger charge is 2.20. The van der Waals surface area contributed by atoms with Crippen molar-refractivity contribution in [3.05, 3.63) is 24.4 Å². The van der Waals surface area contributed by atoms with Crippen molar-refractivity contribution >= 4 is 35.8 Å². The number of hydrogen-bond acceptors (Lipinski definition) is 4. The number of nitrogens with one attached hydrogen (secondary N) is 1. The van der Waals surface area contributed by atoms with Crippen molar-refractivity contribution in [1.29, 1.82) is 0 Å². The number of anilines is 1. The van der Waals surface area contributed by atoms with Gasteiger partial charge < -0.3 is 19.9 Å². The monoisotopic (exact) mass is 489 g/mol. The Balaban J connectivity index is 0.00000364. The Labute approximate surface area is 181 Å². The van der Waals surface area contributed by atoms with Gasteiger partial charge in [0.15, 0.2) is 5.96 Å². The summed E-state index contributed by atoms with van der Waals surface area (Å²) in [5.74, 6) is 2.60. The van der Waals surface area contributed by atoms with Gasteiger partial charge in [-0.1, -0.05) is 19.9 Å². The van der Waals surface area contributed by atoms with Crippen LogP contribution in [0, 0.1) is 5.92 Å². The van der Waals surface area contributed by atoms with Gasteiger partial charge in [-0.2, -0.15) is 0 Å². The standard InChI is InChI=1S/C20H35N5O.HI/c1-5-21-20(23-12-10-18(17(3)4)26-6-2)25-15-13-24(14-16-25)19-9-7-8-11-22-19;/h7-9,11,17-18H,5-6,10,12-16H2,1-4H3,(H,21,23);1H. The quantitative estimate of drug-likeness (QED) is 0.345. The first-order valence-corrected chi connectivity index (χ1v) is 9.96. The molecule has 0 aromatic carbocycles. The summed E-state index contributed by atoms with van der Waals surface area (Å²) in [6.45, 7) is 14.9. The van der Waals surface area contributed by atoms with Crippen LogP contribution in [0.25, 0.3) is 0 Å². The number of nitrogens with zero attached hydrogens (tertiary/aromatic N) is 4. The molecule has 1 aliphatic rings. The van der Waals surface area contributed by atoms with E-state index in [1.54, 1.807) is 0 Å². The van der Waals surface area contributed by atoms with Gasteiger partial charge in [-0.3, -0.25) is 4.99 Å². The number of halogens is 1. The third-order valence-corrected chi connectivity index (χ3v) is 4.69. The number of aliphatic imine (C=N–C) groups is 1. The second-order valence-electron chi connectivity index (χ2n) is 6.92. The van der Waals surface area contributed by atoms with Gasteiger partial charge in [0, 0.05) is 52.1 Å². The number of ether oxygens (including phenoxy) is 1. The van der Waals surface area contributed by atoms with Crippen LogP contribution < -0.4 is 10.2 Å². The van der Waals surface area contributed by atoms with E-state index in [-0.39, 0.29) is 30.1 Å². The average molecular weight is 489 g/mol. The SMILES string of the molecule is CCNC(=NCCC(OCC)C(C)C)N1CCN(c2ccccn2)CC1.I. The Morgan fingerprint density at radius 1 is 1.22 bits per heavy atom. The Bertz CT molecular complexity index is 532. The molecule has 2 heterocycles. The molecule has 0 bridgehead atoms. The predicted molar refractivity (Wildman–Crippen MR) is 124 cm³/mol. The largest absolute Gasteiger partial charge is 0.378 e. The minimum atomic E-state index is 0. The third-order valence-electron chi connectivity index (χ3n) is 4.69. The number of guanidine groups is 1. The Morgan fingerprint density at radius 2 is 1.96 bits per heavy atom. The molecular weight excluding hydrogens is 453 g/mol. The van der Waals surface area contributed by atoms with Gasteiger partial charge in [0.2, 0.25) is 0 Å². The highest BCUT2D eigenvalue weighted by molar-refractivity contribution is 14.0. The van der Waals surface area contributed by atoms with Crippen LogP contribution in [-0.4, -0.2) is 67.8 Å². The number of aromatic nitrogens is 1. The molecule has 1 aliphatic heterocycles. The molecule has 1 atom stereocenters. The van der Waals surface area contributed by atoms with Crippen LogP contribution in [0.1, 0.15) is 34.1 Å². The van der Waals surface area contributed by atoms with E-state index in [4.69, 9.17) is 9.73 Å². The molecule has 1 aromatic heterocycles. The minimum absolute atomic E-state index is 0. The number of piperazine rings is 1. The smallest absolute Gasteiger partial charge is 0.194 e. The molecule has 0 spiro atoms. The zero-order valence-corrected chi connectivity index (χ0v) is 19.6. The normalized spacial score (nSPS) is 16.3. The van der Waals surface area contributed by atoms with Gasteiger partial charge in [-0.25, -0.2) is 4.98 Å². The van der Waals surface area contributed by atoms with Crippen molar-refractivity contribution < 1.29 is 4.74 Å². The molecule has 0 aliphatic carbocycles. The van der Waals surface area contributed by atoms with E-state index in [1.165, 1.54) is 0 Å². The molecule has 1 aromatic rings. The summed E-state index contributed by atoms with van der Waals surface area (Å²) in [6, 6.07) is 6.08. The fourth-order valence-corrected chi connectivity index (χ4v) is 3.23. The minimum Gasteiger partial charge on any atom is -0.378 e. The molecule has 2 rings (SSSR count). The van der Waals surface area contributed by atoms with Gasteiger partial charge in [-0.15, -0.1) is 24.0 Å². The van der Waals surface area contributed by atoms with E-state index >= 15 is 0 Å². The molecule has 1 fully saturated rings. The van der Waals surface area contributed by atoms with Gasteiger partial charge in [-0.05, 0) is 38.3 Å². The summed E-state index contributed by atoms with van der Waals surface area (Å²) < 4.78 is 5.84. The zero-order valence-electron chi connectivity index (χ0n) is 17.2. The van der Waals surface area contributed by atoms with E-state index in [0.29, 0.717) is 5.92 Å². The predicted octanol–water partition coefficient (Wildman–Crippen LogP) is 3.24. The van der Waals surface area contributed by atoms with Crippen LogP contribution in [0.5, 0.6) is 0 Å². The van der Waals surface area contributed by atoms with Crippen molar-refractivity contribution in [2.24, 2.45) is 10.9 Å². The van der Waals surface area contributed by atoms with Crippen LogP contribution in [-0.2, 0) is 4.74 Å². The Kier molecular flexibility index (Phi) is 11.7. The van der Waals surface area contributed by atoms with Crippen molar-refractivity contribution in [1.82, 2.24) is 15.2 Å². The highest BCUT2D eigenvalue weighted by Crippen LogP contribution is 2.13. The summed E-state index contributed by atoms with van der Waals surface area (Å²) in [5.41, 5.74) is 0. The third kappa shape index (κ3) is 7.81. The number of rotatable bonds is 8. The molecule has 27 heavy (non-hydrogen) atoms. The van der Waals surface area contributed by atoms with Crippen LogP contribution in [0.3, 0.4) is 0 Å². The van der Waals surface area contributed by atoms with Crippen molar-refractivity contribution in [2.75, 3.05) is 50.8 Å². The molecule has 0 saturated carbocycles. The van der Waals surface area contributed by atoms with E-state index in [0.717, 1.165) is 64.1 Å². The average Bonchev–Trinajstić information content (AvgIpc) is 2.67. The van der Waals surface area contributed by atoms with Gasteiger partial charge >= 0.3 is 0 Å². The first-order chi connectivity index (χ1) is 12.7. The number of hydrogen-bond donors (Lipinski definition) is 1. The molecule has 6 nitrogen and oxygen atoms in total.